The van der Waals surface area contributed by atoms with Gasteiger partial charge in [0.05, 0.1) is 13.2 Å². The molecule has 2 unspecified atom stereocenters. The summed E-state index contributed by atoms with van der Waals surface area (Å²) in [4.78, 5) is 25.4. The Bertz CT molecular complexity index is 2510. The predicted octanol–water partition coefficient (Wildman–Crippen LogP) is 8.92. The zero-order chi connectivity index (χ0) is 40.2. The maximum absolute atomic E-state index is 13.6. The zero-order valence-electron chi connectivity index (χ0n) is 31.7. The highest BCUT2D eigenvalue weighted by molar-refractivity contribution is 5.85. The van der Waals surface area contributed by atoms with Crippen molar-refractivity contribution in [3.8, 4) is 45.5 Å². The molecule has 0 spiro atoms. The number of fused-ring (bicyclic) bond motifs is 3. The smallest absolute Gasteiger partial charge is 0.387 e. The molecule has 3 aliphatic heterocycles. The number of carbonyl (C=O) groups is 1. The standard InChI is InChI=1S/C43H40F4N4O7/c1-22-28(6-3-8-30(22)39-48-32-12-24(35(57-42(44)45)14-37(32)55-39)16-50-17-26-20-54-21-27(26)18-50)29-7-4-9-31(23(29)2)40-49-33-13-25(19-51-11-5-10-34(51)41(52)53)36(58-43(46)47)15-38(33)56-40/h3-4,6-9,12-15,26-27,34,42-43H,5,10-11,16-21H2,1-2H3,(H,52,53)/t26?,27?,34-/m0/s1. The van der Waals surface area contributed by atoms with Crippen LogP contribution < -0.4 is 9.47 Å². The Balaban J connectivity index is 1.03. The van der Waals surface area contributed by atoms with Crippen LogP contribution in [-0.2, 0) is 22.6 Å². The maximum Gasteiger partial charge on any atom is 0.387 e. The first-order valence-electron chi connectivity index (χ1n) is 19.2. The molecule has 1 N–H and O–H groups in total. The summed E-state index contributed by atoms with van der Waals surface area (Å²) in [6.07, 6.45) is 1.16. The van der Waals surface area contributed by atoms with E-state index < -0.39 is 25.2 Å². The summed E-state index contributed by atoms with van der Waals surface area (Å²) < 4.78 is 82.0. The van der Waals surface area contributed by atoms with E-state index in [0.29, 0.717) is 95.7 Å². The van der Waals surface area contributed by atoms with Crippen molar-refractivity contribution >= 4 is 28.2 Å². The molecule has 3 aliphatic rings. The molecule has 58 heavy (non-hydrogen) atoms. The number of ether oxygens (including phenoxy) is 3. The van der Waals surface area contributed by atoms with E-state index in [9.17, 15) is 27.5 Å². The number of oxazole rings is 2. The minimum atomic E-state index is -3.09. The highest BCUT2D eigenvalue weighted by Gasteiger charge is 2.37. The minimum Gasteiger partial charge on any atom is -0.480 e. The fourth-order valence-corrected chi connectivity index (χ4v) is 8.87. The van der Waals surface area contributed by atoms with Crippen LogP contribution in [0.5, 0.6) is 11.5 Å². The fraction of sp³-hybridized carbons (Fsp3) is 0.372. The van der Waals surface area contributed by atoms with E-state index in [0.717, 1.165) is 35.3 Å². The Morgan fingerprint density at radius 2 is 1.28 bits per heavy atom. The normalized spacial score (nSPS) is 20.0. The lowest BCUT2D eigenvalue weighted by atomic mass is 9.91. The van der Waals surface area contributed by atoms with Gasteiger partial charge in [-0.15, -0.1) is 0 Å². The summed E-state index contributed by atoms with van der Waals surface area (Å²) in [5, 5.41) is 9.67. The van der Waals surface area contributed by atoms with E-state index in [-0.39, 0.29) is 29.5 Å². The first-order chi connectivity index (χ1) is 28.0. The van der Waals surface area contributed by atoms with Crippen LogP contribution in [0.3, 0.4) is 0 Å². The number of nitrogens with zero attached hydrogens (tertiary/aromatic N) is 4. The Kier molecular flexibility index (Phi) is 10.1. The zero-order valence-corrected chi connectivity index (χ0v) is 31.7. The van der Waals surface area contributed by atoms with Crippen molar-refractivity contribution in [2.75, 3.05) is 32.8 Å². The van der Waals surface area contributed by atoms with Crippen molar-refractivity contribution in [3.63, 3.8) is 0 Å². The van der Waals surface area contributed by atoms with Gasteiger partial charge in [0.1, 0.15) is 28.6 Å². The highest BCUT2D eigenvalue weighted by atomic mass is 19.3. The molecule has 5 heterocycles. The molecule has 302 valence electrons. The summed E-state index contributed by atoms with van der Waals surface area (Å²) in [5.74, 6) is 0.481. The Hall–Kier alpha value is -5.51. The van der Waals surface area contributed by atoms with E-state index >= 15 is 0 Å². The minimum absolute atomic E-state index is 0.0584. The SMILES string of the molecule is Cc1c(-c2nc3cc(CN4CC5COCC5C4)c(OC(F)F)cc3o2)cccc1-c1cccc(-c2nc3cc(CN4CCC[C@H]4C(=O)O)c(OC(F)F)cc3o2)c1C. The third-order valence-electron chi connectivity index (χ3n) is 11.7. The van der Waals surface area contributed by atoms with Crippen molar-refractivity contribution in [1.82, 2.24) is 19.8 Å². The second kappa shape index (κ2) is 15.3. The van der Waals surface area contributed by atoms with E-state index in [1.54, 1.807) is 17.0 Å². The number of hydrogen-bond donors (Lipinski definition) is 1. The van der Waals surface area contributed by atoms with Gasteiger partial charge in [0, 0.05) is 72.4 Å². The van der Waals surface area contributed by atoms with E-state index in [4.69, 9.17) is 33.0 Å². The van der Waals surface area contributed by atoms with Crippen LogP contribution in [0.1, 0.15) is 35.1 Å². The van der Waals surface area contributed by atoms with Gasteiger partial charge in [0.25, 0.3) is 0 Å². The second-order valence-electron chi connectivity index (χ2n) is 15.3. The maximum atomic E-state index is 13.6. The molecule has 3 saturated heterocycles. The molecule has 9 rings (SSSR count). The van der Waals surface area contributed by atoms with E-state index in [1.165, 1.54) is 12.1 Å². The Morgan fingerprint density at radius 3 is 1.78 bits per heavy atom. The van der Waals surface area contributed by atoms with Crippen LogP contribution >= 0.6 is 0 Å². The van der Waals surface area contributed by atoms with Gasteiger partial charge in [0.2, 0.25) is 11.8 Å². The lowest BCUT2D eigenvalue weighted by Crippen LogP contribution is -2.35. The quantitative estimate of drug-likeness (QED) is 0.119. The molecule has 2 aromatic heterocycles. The molecule has 15 heteroatoms. The summed E-state index contributed by atoms with van der Waals surface area (Å²) in [6.45, 7) is 1.94. The van der Waals surface area contributed by atoms with Crippen LogP contribution in [-0.4, -0.2) is 83.0 Å². The topological polar surface area (TPSA) is 124 Å². The molecule has 0 aliphatic carbocycles. The average Bonchev–Trinajstić information content (AvgIpc) is 4.01. The van der Waals surface area contributed by atoms with Gasteiger partial charge in [0.15, 0.2) is 11.2 Å². The van der Waals surface area contributed by atoms with Crippen molar-refractivity contribution in [2.24, 2.45) is 11.8 Å². The van der Waals surface area contributed by atoms with Gasteiger partial charge in [-0.25, -0.2) is 9.97 Å². The lowest BCUT2D eigenvalue weighted by molar-refractivity contribution is -0.142. The Labute approximate surface area is 330 Å². The number of hydrogen-bond acceptors (Lipinski definition) is 10. The number of aromatic nitrogens is 2. The molecule has 11 nitrogen and oxygen atoms in total. The Morgan fingerprint density at radius 1 is 0.776 bits per heavy atom. The molecule has 6 aromatic rings. The average molecular weight is 801 g/mol. The summed E-state index contributed by atoms with van der Waals surface area (Å²) >= 11 is 0. The van der Waals surface area contributed by atoms with Gasteiger partial charge in [-0.1, -0.05) is 24.3 Å². The van der Waals surface area contributed by atoms with Gasteiger partial charge in [-0.3, -0.25) is 14.6 Å². The molecule has 0 amide bonds. The van der Waals surface area contributed by atoms with Crippen LogP contribution in [0.2, 0.25) is 0 Å². The second-order valence-corrected chi connectivity index (χ2v) is 15.3. The molecule has 4 aromatic carbocycles. The van der Waals surface area contributed by atoms with Gasteiger partial charge < -0.3 is 28.2 Å². The van der Waals surface area contributed by atoms with Crippen LogP contribution in [0.25, 0.3) is 56.2 Å². The number of benzene rings is 4. The molecule has 0 radical (unpaired) electrons. The van der Waals surface area contributed by atoms with Crippen molar-refractivity contribution < 1.29 is 50.5 Å². The molecular weight excluding hydrogens is 760 g/mol. The van der Waals surface area contributed by atoms with Crippen LogP contribution in [0.15, 0.2) is 69.5 Å². The molecule has 3 atom stereocenters. The van der Waals surface area contributed by atoms with Crippen molar-refractivity contribution in [2.45, 2.75) is 59.0 Å². The van der Waals surface area contributed by atoms with E-state index in [1.807, 2.05) is 50.2 Å². The fourth-order valence-electron chi connectivity index (χ4n) is 8.87. The third kappa shape index (κ3) is 7.26. The number of alkyl halides is 4. The first-order valence-corrected chi connectivity index (χ1v) is 19.2. The van der Waals surface area contributed by atoms with Crippen molar-refractivity contribution in [1.29, 1.82) is 0 Å². The highest BCUT2D eigenvalue weighted by Crippen LogP contribution is 2.40. The molecule has 0 bridgehead atoms. The summed E-state index contributed by atoms with van der Waals surface area (Å²) in [5.41, 5.74) is 7.37. The number of aliphatic carboxylic acids is 1. The van der Waals surface area contributed by atoms with Gasteiger partial charge >= 0.3 is 19.2 Å². The first kappa shape index (κ1) is 38.0. The van der Waals surface area contributed by atoms with Crippen molar-refractivity contribution in [3.05, 3.63) is 82.9 Å². The lowest BCUT2D eigenvalue weighted by Gasteiger charge is -2.22. The van der Waals surface area contributed by atoms with Crippen LogP contribution in [0, 0.1) is 25.7 Å². The van der Waals surface area contributed by atoms with E-state index in [2.05, 4.69) is 4.90 Å². The third-order valence-corrected chi connectivity index (χ3v) is 11.7. The molecule has 3 fully saturated rings. The number of likely N-dealkylation sites (tertiary alicyclic amines) is 2. The number of halogens is 4. The monoisotopic (exact) mass is 800 g/mol. The molecule has 0 saturated carbocycles. The van der Waals surface area contributed by atoms with Gasteiger partial charge in [-0.2, -0.15) is 17.6 Å². The van der Waals surface area contributed by atoms with Crippen LogP contribution in [0.4, 0.5) is 17.6 Å². The number of carboxylic acid groups (broad SMARTS) is 1. The predicted molar refractivity (Wildman–Crippen MR) is 205 cm³/mol. The van der Waals surface area contributed by atoms with Gasteiger partial charge in [-0.05, 0) is 79.8 Å². The summed E-state index contributed by atoms with van der Waals surface area (Å²) in [7, 11) is 0. The largest absolute Gasteiger partial charge is 0.480 e. The molecular formula is C43H40F4N4O7. The number of carboxylic acids is 1. The summed E-state index contributed by atoms with van der Waals surface area (Å²) in [6, 6.07) is 17.0. The number of rotatable bonds is 12.